The summed E-state index contributed by atoms with van der Waals surface area (Å²) in [6, 6.07) is 14.3. The molecule has 2 aliphatic heterocycles. The number of amides is 2. The molecule has 2 aromatic rings. The van der Waals surface area contributed by atoms with Crippen molar-refractivity contribution in [2.75, 3.05) is 37.1 Å². The number of carbonyl (C=O) groups is 2. The first kappa shape index (κ1) is 21.6. The van der Waals surface area contributed by atoms with Crippen molar-refractivity contribution in [2.24, 2.45) is 11.8 Å². The van der Waals surface area contributed by atoms with Gasteiger partial charge in [0.1, 0.15) is 5.75 Å². The molecule has 0 radical (unpaired) electrons. The van der Waals surface area contributed by atoms with Gasteiger partial charge >= 0.3 is 0 Å². The number of rotatable bonds is 6. The molecular weight excluding hydrogens is 416 g/mol. The molecule has 2 fully saturated rings. The van der Waals surface area contributed by atoms with Crippen LogP contribution in [0.15, 0.2) is 48.5 Å². The molecule has 2 aromatic carbocycles. The fraction of sp³-hybridized carbons (Fsp3) is 0.391. The third-order valence-corrected chi connectivity index (χ3v) is 6.14. The van der Waals surface area contributed by atoms with Crippen molar-refractivity contribution < 1.29 is 14.3 Å². The summed E-state index contributed by atoms with van der Waals surface area (Å²) < 4.78 is 5.37. The van der Waals surface area contributed by atoms with Crippen LogP contribution >= 0.6 is 11.6 Å². The van der Waals surface area contributed by atoms with Gasteiger partial charge in [-0.2, -0.15) is 0 Å². The van der Waals surface area contributed by atoms with Crippen LogP contribution in [0.1, 0.15) is 13.3 Å². The van der Waals surface area contributed by atoms with Gasteiger partial charge in [-0.25, -0.2) is 10.4 Å². The van der Waals surface area contributed by atoms with Gasteiger partial charge in [-0.1, -0.05) is 36.7 Å². The molecule has 0 aromatic heterocycles. The Morgan fingerprint density at radius 1 is 1.23 bits per heavy atom. The molecule has 3 unspecified atom stereocenters. The number of methoxy groups -OCH3 is 1. The molecule has 7 nitrogen and oxygen atoms in total. The van der Waals surface area contributed by atoms with Crippen molar-refractivity contribution in [2.45, 2.75) is 19.4 Å². The Morgan fingerprint density at radius 3 is 2.71 bits per heavy atom. The fourth-order valence-corrected chi connectivity index (χ4v) is 4.63. The summed E-state index contributed by atoms with van der Waals surface area (Å²) in [5.74, 6) is -0.331. The lowest BCUT2D eigenvalue weighted by Gasteiger charge is -2.38. The van der Waals surface area contributed by atoms with Gasteiger partial charge < -0.3 is 15.0 Å². The number of hydrazine groups is 1. The van der Waals surface area contributed by atoms with E-state index >= 15 is 0 Å². The summed E-state index contributed by atoms with van der Waals surface area (Å²) in [5, 5.41) is 5.07. The van der Waals surface area contributed by atoms with E-state index in [0.29, 0.717) is 29.5 Å². The number of hydrogen-bond donors (Lipinski definition) is 2. The predicted octanol–water partition coefficient (Wildman–Crippen LogP) is 3.17. The molecule has 31 heavy (non-hydrogen) atoms. The highest BCUT2D eigenvalue weighted by Crippen LogP contribution is 2.34. The molecule has 4 rings (SSSR count). The van der Waals surface area contributed by atoms with Crippen LogP contribution in [0.5, 0.6) is 5.75 Å². The molecule has 0 bridgehead atoms. The van der Waals surface area contributed by atoms with Crippen molar-refractivity contribution in [1.29, 1.82) is 0 Å². The Labute approximate surface area is 187 Å². The van der Waals surface area contributed by atoms with E-state index in [1.807, 2.05) is 30.3 Å². The number of hydrogen-bond acceptors (Lipinski definition) is 5. The molecule has 2 saturated heterocycles. The standard InChI is InChI=1S/C23H27ClN4O3/c1-3-11-27-13-17(22(29)25-19-12-15(24)9-10-20(19)31-2)21-18(14-27)23(30)28(26-21)16-7-5-4-6-8-16/h4-10,12,17-18,21,26H,3,11,13-14H2,1-2H3,(H,25,29). The second-order valence-electron chi connectivity index (χ2n) is 7.97. The minimum Gasteiger partial charge on any atom is -0.495 e. The van der Waals surface area contributed by atoms with Gasteiger partial charge in [0.25, 0.3) is 0 Å². The number of halogens is 1. The lowest BCUT2D eigenvalue weighted by atomic mass is 9.84. The Hall–Kier alpha value is -2.61. The smallest absolute Gasteiger partial charge is 0.247 e. The second kappa shape index (κ2) is 9.26. The normalized spacial score (nSPS) is 23.5. The van der Waals surface area contributed by atoms with Crippen molar-refractivity contribution in [3.05, 3.63) is 53.6 Å². The minimum atomic E-state index is -0.411. The molecule has 2 heterocycles. The summed E-state index contributed by atoms with van der Waals surface area (Å²) >= 11 is 6.12. The van der Waals surface area contributed by atoms with Gasteiger partial charge in [-0.05, 0) is 43.3 Å². The first-order valence-corrected chi connectivity index (χ1v) is 10.9. The van der Waals surface area contributed by atoms with Crippen molar-refractivity contribution in [3.8, 4) is 5.75 Å². The number of ether oxygens (including phenoxy) is 1. The van der Waals surface area contributed by atoms with Crippen LogP contribution in [-0.2, 0) is 9.59 Å². The molecule has 0 saturated carbocycles. The first-order valence-electron chi connectivity index (χ1n) is 10.5. The molecule has 2 N–H and O–H groups in total. The number of likely N-dealkylation sites (tertiary alicyclic amines) is 1. The number of nitrogens with zero attached hydrogens (tertiary/aromatic N) is 2. The van der Waals surface area contributed by atoms with E-state index in [4.69, 9.17) is 16.3 Å². The van der Waals surface area contributed by atoms with Crippen molar-refractivity contribution in [1.82, 2.24) is 10.3 Å². The van der Waals surface area contributed by atoms with Crippen LogP contribution in [0.25, 0.3) is 0 Å². The molecule has 3 atom stereocenters. The monoisotopic (exact) mass is 442 g/mol. The summed E-state index contributed by atoms with van der Waals surface area (Å²) in [6.07, 6.45) is 0.956. The number of para-hydroxylation sites is 1. The third-order valence-electron chi connectivity index (χ3n) is 5.90. The Morgan fingerprint density at radius 2 is 2.00 bits per heavy atom. The van der Waals surface area contributed by atoms with Gasteiger partial charge in [-0.3, -0.25) is 9.59 Å². The average Bonchev–Trinajstić information content (AvgIpc) is 3.11. The zero-order chi connectivity index (χ0) is 22.0. The third kappa shape index (κ3) is 4.39. The number of anilines is 2. The Balaban J connectivity index is 1.60. The topological polar surface area (TPSA) is 73.9 Å². The van der Waals surface area contributed by atoms with Crippen LogP contribution in [0.4, 0.5) is 11.4 Å². The largest absolute Gasteiger partial charge is 0.495 e. The molecule has 2 amide bonds. The Kier molecular flexibility index (Phi) is 6.46. The van der Waals surface area contributed by atoms with Crippen LogP contribution < -0.4 is 20.5 Å². The average molecular weight is 443 g/mol. The molecule has 2 aliphatic rings. The van der Waals surface area contributed by atoms with Crippen LogP contribution in [0.2, 0.25) is 5.02 Å². The predicted molar refractivity (Wildman–Crippen MR) is 121 cm³/mol. The maximum absolute atomic E-state index is 13.4. The van der Waals surface area contributed by atoms with Crippen LogP contribution in [0, 0.1) is 11.8 Å². The molecule has 164 valence electrons. The molecular formula is C23H27ClN4O3. The number of fused-ring (bicyclic) bond motifs is 1. The molecule has 0 aliphatic carbocycles. The lowest BCUT2D eigenvalue weighted by Crippen LogP contribution is -2.56. The highest BCUT2D eigenvalue weighted by molar-refractivity contribution is 6.31. The van der Waals surface area contributed by atoms with E-state index in [1.54, 1.807) is 30.3 Å². The maximum Gasteiger partial charge on any atom is 0.247 e. The number of nitrogens with one attached hydrogen (secondary N) is 2. The fourth-order valence-electron chi connectivity index (χ4n) is 4.46. The summed E-state index contributed by atoms with van der Waals surface area (Å²) in [5.41, 5.74) is 4.62. The zero-order valence-corrected chi connectivity index (χ0v) is 18.4. The number of carbonyl (C=O) groups excluding carboxylic acids is 2. The first-order chi connectivity index (χ1) is 15.0. The number of benzene rings is 2. The maximum atomic E-state index is 13.4. The second-order valence-corrected chi connectivity index (χ2v) is 8.41. The van der Waals surface area contributed by atoms with E-state index in [-0.39, 0.29) is 23.8 Å². The van der Waals surface area contributed by atoms with Crippen molar-refractivity contribution >= 4 is 34.8 Å². The van der Waals surface area contributed by atoms with E-state index in [9.17, 15) is 9.59 Å². The van der Waals surface area contributed by atoms with Gasteiger partial charge in [0.05, 0.1) is 36.4 Å². The van der Waals surface area contributed by atoms with Crippen molar-refractivity contribution in [3.63, 3.8) is 0 Å². The van der Waals surface area contributed by atoms with Crippen LogP contribution in [-0.4, -0.2) is 49.5 Å². The SMILES string of the molecule is CCCN1CC(C(=O)Nc2cc(Cl)ccc2OC)C2NN(c3ccccc3)C(=O)C2C1. The minimum absolute atomic E-state index is 0.00450. The van der Waals surface area contributed by atoms with E-state index in [1.165, 1.54) is 0 Å². The molecule has 0 spiro atoms. The Bertz CT molecular complexity index is 955. The van der Waals surface area contributed by atoms with Gasteiger partial charge in [0.15, 0.2) is 0 Å². The van der Waals surface area contributed by atoms with E-state index in [2.05, 4.69) is 22.6 Å². The van der Waals surface area contributed by atoms with Gasteiger partial charge in [0.2, 0.25) is 11.8 Å². The highest BCUT2D eigenvalue weighted by Gasteiger charge is 2.50. The van der Waals surface area contributed by atoms with E-state index < -0.39 is 5.92 Å². The summed E-state index contributed by atoms with van der Waals surface area (Å²) in [7, 11) is 1.55. The summed E-state index contributed by atoms with van der Waals surface area (Å²) in [6.45, 7) is 4.15. The lowest BCUT2D eigenvalue weighted by molar-refractivity contribution is -0.126. The zero-order valence-electron chi connectivity index (χ0n) is 17.7. The quantitative estimate of drug-likeness (QED) is 0.718. The van der Waals surface area contributed by atoms with E-state index in [0.717, 1.165) is 18.7 Å². The number of piperidine rings is 1. The van der Waals surface area contributed by atoms with Gasteiger partial charge in [0, 0.05) is 18.1 Å². The van der Waals surface area contributed by atoms with Crippen LogP contribution in [0.3, 0.4) is 0 Å². The van der Waals surface area contributed by atoms with Gasteiger partial charge in [-0.15, -0.1) is 0 Å². The highest BCUT2D eigenvalue weighted by atomic mass is 35.5. The molecule has 8 heteroatoms. The summed E-state index contributed by atoms with van der Waals surface area (Å²) in [4.78, 5) is 28.8.